The van der Waals surface area contributed by atoms with Crippen LogP contribution < -0.4 is 5.73 Å². The number of ketones is 1. The van der Waals surface area contributed by atoms with E-state index in [1.807, 2.05) is 6.92 Å². The molecule has 0 atom stereocenters. The summed E-state index contributed by atoms with van der Waals surface area (Å²) in [5.41, 5.74) is 5.77. The van der Waals surface area contributed by atoms with E-state index in [0.29, 0.717) is 5.69 Å². The lowest BCUT2D eigenvalue weighted by molar-refractivity contribution is 0.0993. The highest BCUT2D eigenvalue weighted by molar-refractivity contribution is 5.95. The van der Waals surface area contributed by atoms with E-state index in [-0.39, 0.29) is 12.3 Å². The molecule has 0 aliphatic carbocycles. The molecule has 1 heterocycles. The standard InChI is InChI=1S/C7H11N3O/c1-5-9-4-6(10(5)2)7(11)3-8/h4H,3,8H2,1-2H3. The number of hydrogen-bond acceptors (Lipinski definition) is 3. The number of nitrogens with zero attached hydrogens (tertiary/aromatic N) is 2. The fourth-order valence-electron chi connectivity index (χ4n) is 0.866. The first kappa shape index (κ1) is 7.94. The number of Topliss-reactive ketones (excluding diaryl/α,β-unsaturated/α-hetero) is 1. The van der Waals surface area contributed by atoms with Gasteiger partial charge in [0.1, 0.15) is 11.5 Å². The average molecular weight is 153 g/mol. The molecule has 4 nitrogen and oxygen atoms in total. The molecule has 0 fully saturated rings. The molecule has 1 aromatic rings. The normalized spacial score (nSPS) is 10.1. The molecule has 2 N–H and O–H groups in total. The monoisotopic (exact) mass is 153 g/mol. The van der Waals surface area contributed by atoms with Gasteiger partial charge >= 0.3 is 0 Å². The predicted octanol–water partition coefficient (Wildman–Crippen LogP) is -0.130. The molecule has 1 aromatic heterocycles. The van der Waals surface area contributed by atoms with Gasteiger partial charge < -0.3 is 10.3 Å². The minimum atomic E-state index is -0.0758. The molecule has 0 amide bonds. The quantitative estimate of drug-likeness (QED) is 0.602. The van der Waals surface area contributed by atoms with Crippen molar-refractivity contribution in [3.05, 3.63) is 17.7 Å². The molecule has 0 aliphatic heterocycles. The van der Waals surface area contributed by atoms with Crippen LogP contribution in [0.2, 0.25) is 0 Å². The zero-order valence-electron chi connectivity index (χ0n) is 6.66. The summed E-state index contributed by atoms with van der Waals surface area (Å²) in [4.78, 5) is 15.0. The van der Waals surface area contributed by atoms with Crippen molar-refractivity contribution in [2.24, 2.45) is 12.8 Å². The van der Waals surface area contributed by atoms with Crippen molar-refractivity contribution in [3.8, 4) is 0 Å². The number of nitrogens with two attached hydrogens (primary N) is 1. The molecular formula is C7H11N3O. The third kappa shape index (κ3) is 1.30. The zero-order valence-corrected chi connectivity index (χ0v) is 6.66. The van der Waals surface area contributed by atoms with E-state index in [1.54, 1.807) is 17.8 Å². The number of aromatic nitrogens is 2. The molecule has 0 unspecified atom stereocenters. The Labute approximate surface area is 65.0 Å². The molecule has 0 spiro atoms. The van der Waals surface area contributed by atoms with Gasteiger partial charge in [0.25, 0.3) is 0 Å². The van der Waals surface area contributed by atoms with Gasteiger partial charge in [0.2, 0.25) is 0 Å². The first-order valence-corrected chi connectivity index (χ1v) is 3.38. The molecule has 0 saturated carbocycles. The van der Waals surface area contributed by atoms with Crippen LogP contribution in [-0.2, 0) is 7.05 Å². The fraction of sp³-hybridized carbons (Fsp3) is 0.429. The Morgan fingerprint density at radius 1 is 1.82 bits per heavy atom. The van der Waals surface area contributed by atoms with Crippen LogP contribution in [0.15, 0.2) is 6.20 Å². The van der Waals surface area contributed by atoms with E-state index < -0.39 is 0 Å². The lowest BCUT2D eigenvalue weighted by Crippen LogP contribution is -2.16. The molecule has 0 bridgehead atoms. The maximum absolute atomic E-state index is 11.1. The Hall–Kier alpha value is -1.16. The van der Waals surface area contributed by atoms with Gasteiger partial charge in [-0.1, -0.05) is 0 Å². The Bertz CT molecular complexity index is 277. The van der Waals surface area contributed by atoms with E-state index in [2.05, 4.69) is 4.98 Å². The van der Waals surface area contributed by atoms with Crippen LogP contribution >= 0.6 is 0 Å². The molecule has 60 valence electrons. The third-order valence-corrected chi connectivity index (χ3v) is 1.69. The minimum absolute atomic E-state index is 0.0406. The largest absolute Gasteiger partial charge is 0.329 e. The summed E-state index contributed by atoms with van der Waals surface area (Å²) in [6.07, 6.45) is 1.55. The van der Waals surface area contributed by atoms with Gasteiger partial charge in [0, 0.05) is 7.05 Å². The van der Waals surface area contributed by atoms with Crippen molar-refractivity contribution in [2.45, 2.75) is 6.92 Å². The molecule has 1 rings (SSSR count). The second-order valence-electron chi connectivity index (χ2n) is 2.38. The smallest absolute Gasteiger partial charge is 0.194 e. The van der Waals surface area contributed by atoms with Crippen molar-refractivity contribution < 1.29 is 4.79 Å². The van der Waals surface area contributed by atoms with Crippen LogP contribution in [0, 0.1) is 6.92 Å². The summed E-state index contributed by atoms with van der Waals surface area (Å²) < 4.78 is 1.73. The maximum atomic E-state index is 11.1. The summed E-state index contributed by atoms with van der Waals surface area (Å²) in [6, 6.07) is 0. The van der Waals surface area contributed by atoms with Gasteiger partial charge in [0.15, 0.2) is 5.78 Å². The lowest BCUT2D eigenvalue weighted by atomic mass is 10.3. The van der Waals surface area contributed by atoms with Crippen LogP contribution in [0.5, 0.6) is 0 Å². The van der Waals surface area contributed by atoms with E-state index in [4.69, 9.17) is 5.73 Å². The van der Waals surface area contributed by atoms with Gasteiger partial charge in [-0.15, -0.1) is 0 Å². The first-order chi connectivity index (χ1) is 5.16. The minimum Gasteiger partial charge on any atom is -0.329 e. The van der Waals surface area contributed by atoms with E-state index in [0.717, 1.165) is 5.82 Å². The summed E-state index contributed by atoms with van der Waals surface area (Å²) in [7, 11) is 1.80. The Kier molecular flexibility index (Phi) is 2.05. The van der Waals surface area contributed by atoms with Crippen molar-refractivity contribution in [3.63, 3.8) is 0 Å². The first-order valence-electron chi connectivity index (χ1n) is 3.38. The van der Waals surface area contributed by atoms with E-state index >= 15 is 0 Å². The molecule has 11 heavy (non-hydrogen) atoms. The Morgan fingerprint density at radius 2 is 2.45 bits per heavy atom. The highest BCUT2D eigenvalue weighted by atomic mass is 16.1. The summed E-state index contributed by atoms with van der Waals surface area (Å²) in [6.45, 7) is 1.88. The second-order valence-corrected chi connectivity index (χ2v) is 2.38. The van der Waals surface area contributed by atoms with Gasteiger partial charge in [-0.25, -0.2) is 4.98 Å². The number of carbonyl (C=O) groups excluding carboxylic acids is 1. The number of rotatable bonds is 2. The topological polar surface area (TPSA) is 60.9 Å². The predicted molar refractivity (Wildman–Crippen MR) is 41.3 cm³/mol. The highest BCUT2D eigenvalue weighted by Gasteiger charge is 2.08. The lowest BCUT2D eigenvalue weighted by Gasteiger charge is -1.99. The summed E-state index contributed by atoms with van der Waals surface area (Å²) in [5, 5.41) is 0. The van der Waals surface area contributed by atoms with Gasteiger partial charge in [-0.3, -0.25) is 4.79 Å². The third-order valence-electron chi connectivity index (χ3n) is 1.69. The second kappa shape index (κ2) is 2.84. The van der Waals surface area contributed by atoms with Crippen LogP contribution in [0.25, 0.3) is 0 Å². The Balaban J connectivity index is 3.04. The van der Waals surface area contributed by atoms with Gasteiger partial charge in [-0.05, 0) is 6.92 Å². The SMILES string of the molecule is Cc1ncc(C(=O)CN)n1C. The van der Waals surface area contributed by atoms with Crippen LogP contribution in [0.1, 0.15) is 16.3 Å². The number of aryl methyl sites for hydroxylation is 1. The van der Waals surface area contributed by atoms with Crippen molar-refractivity contribution in [1.29, 1.82) is 0 Å². The van der Waals surface area contributed by atoms with E-state index in [1.165, 1.54) is 0 Å². The molecular weight excluding hydrogens is 142 g/mol. The fourth-order valence-corrected chi connectivity index (χ4v) is 0.866. The van der Waals surface area contributed by atoms with Gasteiger partial charge in [0.05, 0.1) is 12.7 Å². The highest BCUT2D eigenvalue weighted by Crippen LogP contribution is 2.01. The molecule has 4 heteroatoms. The van der Waals surface area contributed by atoms with Crippen molar-refractivity contribution in [1.82, 2.24) is 9.55 Å². The van der Waals surface area contributed by atoms with Gasteiger partial charge in [-0.2, -0.15) is 0 Å². The van der Waals surface area contributed by atoms with Crippen LogP contribution in [0.4, 0.5) is 0 Å². The van der Waals surface area contributed by atoms with Crippen LogP contribution in [0.3, 0.4) is 0 Å². The number of hydrogen-bond donors (Lipinski definition) is 1. The van der Waals surface area contributed by atoms with Crippen molar-refractivity contribution >= 4 is 5.78 Å². The Morgan fingerprint density at radius 3 is 2.82 bits per heavy atom. The zero-order chi connectivity index (χ0) is 8.43. The van der Waals surface area contributed by atoms with E-state index in [9.17, 15) is 4.79 Å². The number of imidazole rings is 1. The summed E-state index contributed by atoms with van der Waals surface area (Å²) in [5.74, 6) is 0.745. The van der Waals surface area contributed by atoms with Crippen molar-refractivity contribution in [2.75, 3.05) is 6.54 Å². The molecule has 0 radical (unpaired) electrons. The maximum Gasteiger partial charge on any atom is 0.194 e. The summed E-state index contributed by atoms with van der Waals surface area (Å²) >= 11 is 0. The molecule has 0 aromatic carbocycles. The number of carbonyl (C=O) groups is 1. The molecule has 0 saturated heterocycles. The average Bonchev–Trinajstić information content (AvgIpc) is 2.32. The van der Waals surface area contributed by atoms with Crippen LogP contribution in [-0.4, -0.2) is 21.9 Å². The molecule has 0 aliphatic rings.